The van der Waals surface area contributed by atoms with E-state index in [0.717, 1.165) is 11.3 Å². The molecule has 0 aliphatic carbocycles. The summed E-state index contributed by atoms with van der Waals surface area (Å²) in [6.07, 6.45) is 3.49. The number of carbonyl (C=O) groups excluding carboxylic acids is 2. The minimum atomic E-state index is -0.619. The molecule has 9 nitrogen and oxygen atoms in total. The van der Waals surface area contributed by atoms with Crippen LogP contribution >= 0.6 is 11.3 Å². The molecular weight excluding hydrogens is 476 g/mol. The largest absolute Gasteiger partial charge is 0.421 e. The zero-order chi connectivity index (χ0) is 26.0. The van der Waals surface area contributed by atoms with Crippen LogP contribution in [0.1, 0.15) is 62.4 Å². The molecule has 4 N–H and O–H groups in total. The Morgan fingerprint density at radius 1 is 0.972 bits per heavy atom. The van der Waals surface area contributed by atoms with Crippen molar-refractivity contribution in [3.63, 3.8) is 0 Å². The van der Waals surface area contributed by atoms with Gasteiger partial charge in [0.05, 0.1) is 27.4 Å². The predicted octanol–water partition coefficient (Wildman–Crippen LogP) is 4.05. The Morgan fingerprint density at radius 3 is 2.31 bits per heavy atom. The number of thiophene rings is 1. The smallest absolute Gasteiger partial charge is 0.258 e. The summed E-state index contributed by atoms with van der Waals surface area (Å²) in [7, 11) is 0. The number of rotatable bonds is 9. The summed E-state index contributed by atoms with van der Waals surface area (Å²) >= 11 is 1.18. The van der Waals surface area contributed by atoms with Crippen LogP contribution in [0.5, 0.6) is 0 Å². The molecule has 4 aromatic heterocycles. The highest BCUT2D eigenvalue weighted by atomic mass is 32.1. The summed E-state index contributed by atoms with van der Waals surface area (Å²) in [6, 6.07) is 7.39. The average Bonchev–Trinajstić information content (AvgIpc) is 3.47. The quantitative estimate of drug-likeness (QED) is 0.349. The molecule has 2 amide bonds. The summed E-state index contributed by atoms with van der Waals surface area (Å²) < 4.78 is 5.83. The molecule has 0 fully saturated rings. The molecule has 0 saturated carbocycles. The molecule has 0 saturated heterocycles. The van der Waals surface area contributed by atoms with Gasteiger partial charge in [-0.1, -0.05) is 19.9 Å². The van der Waals surface area contributed by atoms with Crippen molar-refractivity contribution in [1.82, 2.24) is 20.2 Å². The van der Waals surface area contributed by atoms with Crippen molar-refractivity contribution in [3.8, 4) is 21.9 Å². The van der Waals surface area contributed by atoms with Crippen LogP contribution in [-0.2, 0) is 19.3 Å². The summed E-state index contributed by atoms with van der Waals surface area (Å²) in [5.41, 5.74) is 16.1. The first-order valence-electron chi connectivity index (χ1n) is 11.6. The van der Waals surface area contributed by atoms with E-state index in [1.165, 1.54) is 11.3 Å². The molecule has 36 heavy (non-hydrogen) atoms. The second kappa shape index (κ2) is 10.4. The standard InChI is InChI=1S/C26H28N6O3S/c1-13(2)11-18-21(25(28)34)23(19-9-10-20(36-19)24(27)33)22(26-32-31-15(4)35-26)17(30-18)8-7-16-6-5-14(3)12-29-16/h5-6,9-10,12-13H,7-8,11H2,1-4H3,(H2,27,33)(H2,28,34). The van der Waals surface area contributed by atoms with Gasteiger partial charge in [0.1, 0.15) is 0 Å². The van der Waals surface area contributed by atoms with Gasteiger partial charge in [-0.15, -0.1) is 21.5 Å². The minimum absolute atomic E-state index is 0.219. The van der Waals surface area contributed by atoms with Crippen molar-refractivity contribution in [2.75, 3.05) is 0 Å². The molecule has 4 aromatic rings. The molecule has 0 radical (unpaired) electrons. The topological polar surface area (TPSA) is 151 Å². The first kappa shape index (κ1) is 25.2. The van der Waals surface area contributed by atoms with E-state index in [-0.39, 0.29) is 17.4 Å². The molecular formula is C26H28N6O3S. The maximum Gasteiger partial charge on any atom is 0.258 e. The number of aryl methyl sites for hydroxylation is 4. The van der Waals surface area contributed by atoms with Gasteiger partial charge in [-0.25, -0.2) is 0 Å². The molecule has 0 aromatic carbocycles. The number of nitrogens with zero attached hydrogens (tertiary/aromatic N) is 4. The number of hydrogen-bond donors (Lipinski definition) is 2. The molecule has 0 bridgehead atoms. The third kappa shape index (κ3) is 5.33. The Balaban J connectivity index is 1.99. The van der Waals surface area contributed by atoms with Gasteiger partial charge < -0.3 is 15.9 Å². The zero-order valence-electron chi connectivity index (χ0n) is 20.7. The molecule has 0 atom stereocenters. The van der Waals surface area contributed by atoms with Crippen LogP contribution in [0.4, 0.5) is 0 Å². The lowest BCUT2D eigenvalue weighted by atomic mass is 9.91. The number of nitrogens with two attached hydrogens (primary N) is 2. The predicted molar refractivity (Wildman–Crippen MR) is 138 cm³/mol. The fourth-order valence-corrected chi connectivity index (χ4v) is 4.96. The lowest BCUT2D eigenvalue weighted by molar-refractivity contribution is 0.0993. The molecule has 186 valence electrons. The summed E-state index contributed by atoms with van der Waals surface area (Å²) in [5.74, 6) is -0.348. The molecule has 4 heterocycles. The van der Waals surface area contributed by atoms with E-state index in [9.17, 15) is 9.59 Å². The van der Waals surface area contributed by atoms with E-state index >= 15 is 0 Å². The molecule has 0 unspecified atom stereocenters. The Kier molecular flexibility index (Phi) is 7.25. The van der Waals surface area contributed by atoms with Crippen molar-refractivity contribution in [3.05, 3.63) is 69.4 Å². The van der Waals surface area contributed by atoms with Gasteiger partial charge in [0.25, 0.3) is 11.8 Å². The van der Waals surface area contributed by atoms with Crippen molar-refractivity contribution in [1.29, 1.82) is 0 Å². The summed E-state index contributed by atoms with van der Waals surface area (Å²) in [4.78, 5) is 35.2. The van der Waals surface area contributed by atoms with Gasteiger partial charge in [-0.3, -0.25) is 19.6 Å². The van der Waals surface area contributed by atoms with Crippen molar-refractivity contribution in [2.24, 2.45) is 17.4 Å². The van der Waals surface area contributed by atoms with Crippen molar-refractivity contribution in [2.45, 2.75) is 47.0 Å². The maximum atomic E-state index is 12.9. The fourth-order valence-electron chi connectivity index (χ4n) is 4.04. The van der Waals surface area contributed by atoms with Gasteiger partial charge in [-0.2, -0.15) is 0 Å². The number of hydrogen-bond acceptors (Lipinski definition) is 8. The second-order valence-corrected chi connectivity index (χ2v) is 10.2. The van der Waals surface area contributed by atoms with Crippen molar-refractivity contribution < 1.29 is 14.0 Å². The van der Waals surface area contributed by atoms with E-state index in [0.29, 0.717) is 57.4 Å². The van der Waals surface area contributed by atoms with Crippen molar-refractivity contribution >= 4 is 23.2 Å². The third-order valence-electron chi connectivity index (χ3n) is 5.62. The Morgan fingerprint density at radius 2 is 1.75 bits per heavy atom. The zero-order valence-corrected chi connectivity index (χ0v) is 21.5. The Bertz CT molecular complexity index is 1420. The van der Waals surface area contributed by atoms with E-state index in [4.69, 9.17) is 20.9 Å². The van der Waals surface area contributed by atoms with Crippen LogP contribution in [0, 0.1) is 19.8 Å². The van der Waals surface area contributed by atoms with Gasteiger partial charge in [0.2, 0.25) is 11.8 Å². The first-order chi connectivity index (χ1) is 17.1. The number of aromatic nitrogens is 4. The average molecular weight is 505 g/mol. The highest BCUT2D eigenvalue weighted by molar-refractivity contribution is 7.17. The second-order valence-electron chi connectivity index (χ2n) is 9.07. The van der Waals surface area contributed by atoms with Gasteiger partial charge in [0, 0.05) is 29.3 Å². The molecule has 4 rings (SSSR count). The molecule has 0 aliphatic heterocycles. The molecule has 0 aliphatic rings. The monoisotopic (exact) mass is 504 g/mol. The van der Waals surface area contributed by atoms with Gasteiger partial charge >= 0.3 is 0 Å². The number of amides is 2. The number of primary amides is 2. The molecule has 10 heteroatoms. The molecule has 0 spiro atoms. The highest BCUT2D eigenvalue weighted by Crippen LogP contribution is 2.41. The van der Waals surface area contributed by atoms with Gasteiger partial charge in [0.15, 0.2) is 0 Å². The normalized spacial score (nSPS) is 11.2. The summed E-state index contributed by atoms with van der Waals surface area (Å²) in [6.45, 7) is 7.78. The summed E-state index contributed by atoms with van der Waals surface area (Å²) in [5, 5.41) is 8.25. The van der Waals surface area contributed by atoms with Gasteiger partial charge in [-0.05, 0) is 55.9 Å². The Labute approximate surface area is 213 Å². The van der Waals surface area contributed by atoms with Crippen LogP contribution in [0.3, 0.4) is 0 Å². The van der Waals surface area contributed by atoms with Crippen LogP contribution in [-0.4, -0.2) is 32.0 Å². The third-order valence-corrected chi connectivity index (χ3v) is 6.74. The van der Waals surface area contributed by atoms with Crippen LogP contribution in [0.25, 0.3) is 21.9 Å². The van der Waals surface area contributed by atoms with E-state index < -0.39 is 11.8 Å². The lowest BCUT2D eigenvalue weighted by Gasteiger charge is -2.19. The van der Waals surface area contributed by atoms with Crippen LogP contribution in [0.15, 0.2) is 34.9 Å². The SMILES string of the molecule is Cc1ccc(CCc2nc(CC(C)C)c(C(N)=O)c(-c3ccc(C(N)=O)s3)c2-c2nnc(C)o2)nc1. The first-order valence-corrected chi connectivity index (χ1v) is 12.4. The fraction of sp³-hybridized carbons (Fsp3) is 0.308. The van der Waals surface area contributed by atoms with Crippen LogP contribution < -0.4 is 11.5 Å². The lowest BCUT2D eigenvalue weighted by Crippen LogP contribution is -2.20. The highest BCUT2D eigenvalue weighted by Gasteiger charge is 2.29. The van der Waals surface area contributed by atoms with E-state index in [2.05, 4.69) is 15.2 Å². The number of pyridine rings is 2. The van der Waals surface area contributed by atoms with E-state index in [1.54, 1.807) is 19.1 Å². The maximum absolute atomic E-state index is 12.9. The number of carbonyl (C=O) groups is 2. The van der Waals surface area contributed by atoms with E-state index in [1.807, 2.05) is 39.1 Å². The minimum Gasteiger partial charge on any atom is -0.421 e. The van der Waals surface area contributed by atoms with Crippen LogP contribution in [0.2, 0.25) is 0 Å². The Hall–Kier alpha value is -3.92.